The maximum absolute atomic E-state index is 12.2. The average molecular weight is 183 g/mol. The first-order valence-corrected chi connectivity index (χ1v) is 4.60. The lowest BCUT2D eigenvalue weighted by Gasteiger charge is -2.08. The van der Waals surface area contributed by atoms with Gasteiger partial charge >= 0.3 is 10.4 Å². The first-order valence-electron chi connectivity index (χ1n) is 3.26. The molecule has 0 N–H and O–H groups in total. The Hall–Kier alpha value is -0.200. The Kier molecular flexibility index (Phi) is 2.46. The summed E-state index contributed by atoms with van der Waals surface area (Å²) in [7, 11) is -3.01. The minimum atomic E-state index is -4.49. The molecular formula is C5H10FNO3S. The molecule has 0 aromatic heterocycles. The minimum Gasteiger partial charge on any atom is -0.380 e. The van der Waals surface area contributed by atoms with Crippen molar-refractivity contribution in [3.8, 4) is 0 Å². The van der Waals surface area contributed by atoms with Crippen molar-refractivity contribution in [1.29, 1.82) is 0 Å². The van der Waals surface area contributed by atoms with Crippen molar-refractivity contribution < 1.29 is 17.0 Å². The van der Waals surface area contributed by atoms with Crippen LogP contribution in [0, 0.1) is 0 Å². The van der Waals surface area contributed by atoms with E-state index in [4.69, 9.17) is 4.74 Å². The molecule has 6 heteroatoms. The fourth-order valence-electron chi connectivity index (χ4n) is 1.09. The molecule has 0 spiro atoms. The van der Waals surface area contributed by atoms with Gasteiger partial charge in [-0.3, -0.25) is 0 Å². The van der Waals surface area contributed by atoms with Gasteiger partial charge in [-0.15, -0.1) is 0 Å². The molecule has 1 rings (SSSR count). The van der Waals surface area contributed by atoms with Gasteiger partial charge in [-0.1, -0.05) is 3.89 Å². The SMILES string of the molecule is COC1CCN(S(=O)(=O)F)C1. The van der Waals surface area contributed by atoms with Crippen LogP contribution in [0.4, 0.5) is 3.89 Å². The van der Waals surface area contributed by atoms with Crippen LogP contribution in [0.15, 0.2) is 0 Å². The van der Waals surface area contributed by atoms with Gasteiger partial charge in [-0.2, -0.15) is 12.7 Å². The lowest BCUT2D eigenvalue weighted by molar-refractivity contribution is 0.114. The third kappa shape index (κ3) is 2.11. The van der Waals surface area contributed by atoms with Gasteiger partial charge in [0, 0.05) is 20.2 Å². The Morgan fingerprint density at radius 3 is 2.55 bits per heavy atom. The molecule has 1 aliphatic rings. The molecule has 1 saturated heterocycles. The van der Waals surface area contributed by atoms with Crippen LogP contribution in [-0.2, 0) is 15.1 Å². The zero-order valence-corrected chi connectivity index (χ0v) is 6.97. The highest BCUT2D eigenvalue weighted by Gasteiger charge is 2.30. The smallest absolute Gasteiger partial charge is 0.374 e. The average Bonchev–Trinajstić information content (AvgIpc) is 2.32. The van der Waals surface area contributed by atoms with E-state index in [0.29, 0.717) is 6.42 Å². The molecule has 0 aromatic rings. The van der Waals surface area contributed by atoms with E-state index in [1.807, 2.05) is 0 Å². The van der Waals surface area contributed by atoms with E-state index in [2.05, 4.69) is 0 Å². The van der Waals surface area contributed by atoms with E-state index in [1.165, 1.54) is 7.11 Å². The normalized spacial score (nSPS) is 27.6. The molecule has 0 amide bonds. The Morgan fingerprint density at radius 2 is 2.27 bits per heavy atom. The second kappa shape index (κ2) is 3.04. The number of ether oxygens (including phenoxy) is 1. The van der Waals surface area contributed by atoms with Crippen LogP contribution in [0.1, 0.15) is 6.42 Å². The highest BCUT2D eigenvalue weighted by molar-refractivity contribution is 7.83. The van der Waals surface area contributed by atoms with Crippen LogP contribution >= 0.6 is 0 Å². The van der Waals surface area contributed by atoms with E-state index in [-0.39, 0.29) is 19.2 Å². The summed E-state index contributed by atoms with van der Waals surface area (Å²) in [5.41, 5.74) is 0. The summed E-state index contributed by atoms with van der Waals surface area (Å²) in [6, 6.07) is 0. The van der Waals surface area contributed by atoms with Crippen molar-refractivity contribution in [1.82, 2.24) is 4.31 Å². The summed E-state index contributed by atoms with van der Waals surface area (Å²) in [5.74, 6) is 0. The maximum Gasteiger partial charge on any atom is 0.374 e. The number of nitrogens with zero attached hydrogens (tertiary/aromatic N) is 1. The summed E-state index contributed by atoms with van der Waals surface area (Å²) in [6.07, 6.45) is 0.417. The lowest BCUT2D eigenvalue weighted by Crippen LogP contribution is -2.26. The third-order valence-electron chi connectivity index (χ3n) is 1.75. The molecule has 1 aliphatic heterocycles. The van der Waals surface area contributed by atoms with Gasteiger partial charge in [0.05, 0.1) is 6.10 Å². The second-order valence-electron chi connectivity index (χ2n) is 2.45. The minimum absolute atomic E-state index is 0.134. The number of methoxy groups -OCH3 is 1. The summed E-state index contributed by atoms with van der Waals surface area (Å²) >= 11 is 0. The van der Waals surface area contributed by atoms with Gasteiger partial charge in [0.1, 0.15) is 0 Å². The number of hydrogen-bond acceptors (Lipinski definition) is 3. The van der Waals surface area contributed by atoms with Crippen molar-refractivity contribution in [2.24, 2.45) is 0 Å². The highest BCUT2D eigenvalue weighted by Crippen LogP contribution is 2.16. The maximum atomic E-state index is 12.2. The van der Waals surface area contributed by atoms with Gasteiger partial charge in [0.2, 0.25) is 0 Å². The number of halogens is 1. The van der Waals surface area contributed by atoms with Crippen molar-refractivity contribution in [3.05, 3.63) is 0 Å². The van der Waals surface area contributed by atoms with E-state index >= 15 is 0 Å². The first-order chi connectivity index (χ1) is 5.04. The molecule has 1 atom stereocenters. The molecule has 66 valence electrons. The molecule has 1 heterocycles. The van der Waals surface area contributed by atoms with Gasteiger partial charge in [-0.05, 0) is 6.42 Å². The Bertz CT molecular complexity index is 228. The zero-order chi connectivity index (χ0) is 8.48. The summed E-state index contributed by atoms with van der Waals surface area (Å²) in [4.78, 5) is 0. The van der Waals surface area contributed by atoms with Crippen molar-refractivity contribution in [3.63, 3.8) is 0 Å². The Labute approximate surface area is 65.3 Å². The Balaban J connectivity index is 2.55. The topological polar surface area (TPSA) is 46.6 Å². The van der Waals surface area contributed by atoms with Crippen LogP contribution in [0.25, 0.3) is 0 Å². The lowest BCUT2D eigenvalue weighted by atomic mass is 10.3. The quantitative estimate of drug-likeness (QED) is 0.562. The van der Waals surface area contributed by atoms with Crippen LogP contribution in [0.5, 0.6) is 0 Å². The third-order valence-corrected chi connectivity index (χ3v) is 2.70. The second-order valence-corrected chi connectivity index (χ2v) is 3.79. The first kappa shape index (κ1) is 8.89. The van der Waals surface area contributed by atoms with Crippen LogP contribution in [0.2, 0.25) is 0 Å². The molecule has 0 radical (unpaired) electrons. The summed E-state index contributed by atoms with van der Waals surface area (Å²) < 4.78 is 38.5. The van der Waals surface area contributed by atoms with Crippen LogP contribution in [-0.4, -0.2) is 39.0 Å². The molecule has 1 unspecified atom stereocenters. The van der Waals surface area contributed by atoms with Crippen LogP contribution in [0.3, 0.4) is 0 Å². The molecular weight excluding hydrogens is 173 g/mol. The number of rotatable bonds is 2. The molecule has 11 heavy (non-hydrogen) atoms. The fraction of sp³-hybridized carbons (Fsp3) is 1.00. The molecule has 0 aromatic carbocycles. The summed E-state index contributed by atoms with van der Waals surface area (Å²) in [5, 5.41) is 0. The van der Waals surface area contributed by atoms with Gasteiger partial charge < -0.3 is 4.74 Å². The van der Waals surface area contributed by atoms with E-state index in [9.17, 15) is 12.3 Å². The van der Waals surface area contributed by atoms with E-state index < -0.39 is 10.4 Å². The van der Waals surface area contributed by atoms with Crippen molar-refractivity contribution >= 4 is 10.4 Å². The van der Waals surface area contributed by atoms with E-state index in [0.717, 1.165) is 4.31 Å². The van der Waals surface area contributed by atoms with E-state index in [1.54, 1.807) is 0 Å². The predicted octanol–water partition coefficient (Wildman–Crippen LogP) is -0.0786. The fourth-order valence-corrected chi connectivity index (χ4v) is 1.76. The van der Waals surface area contributed by atoms with Crippen molar-refractivity contribution in [2.45, 2.75) is 12.5 Å². The van der Waals surface area contributed by atoms with Crippen molar-refractivity contribution in [2.75, 3.05) is 20.2 Å². The van der Waals surface area contributed by atoms with Gasteiger partial charge in [0.15, 0.2) is 0 Å². The number of hydrogen-bond donors (Lipinski definition) is 0. The Morgan fingerprint density at radius 1 is 1.64 bits per heavy atom. The molecule has 0 saturated carbocycles. The molecule has 0 bridgehead atoms. The molecule has 0 aliphatic carbocycles. The largest absolute Gasteiger partial charge is 0.380 e. The molecule has 4 nitrogen and oxygen atoms in total. The standard InChI is InChI=1S/C5H10FNO3S/c1-10-5-2-3-7(4-5)11(6,8)9/h5H,2-4H2,1H3. The zero-order valence-electron chi connectivity index (χ0n) is 6.16. The highest BCUT2D eigenvalue weighted by atomic mass is 32.3. The monoisotopic (exact) mass is 183 g/mol. The van der Waals surface area contributed by atoms with Gasteiger partial charge in [-0.25, -0.2) is 0 Å². The van der Waals surface area contributed by atoms with Crippen LogP contribution < -0.4 is 0 Å². The summed E-state index contributed by atoms with van der Waals surface area (Å²) in [6.45, 7) is 0.354. The van der Waals surface area contributed by atoms with Gasteiger partial charge in [0.25, 0.3) is 0 Å². The predicted molar refractivity (Wildman–Crippen MR) is 37.0 cm³/mol. The molecule has 1 fully saturated rings.